The first-order valence-corrected chi connectivity index (χ1v) is 6.33. The highest BCUT2D eigenvalue weighted by Gasteiger charge is 2.04. The third-order valence-corrected chi connectivity index (χ3v) is 3.54. The van der Waals surface area contributed by atoms with Crippen LogP contribution >= 0.6 is 11.3 Å². The molecule has 0 N–H and O–H groups in total. The lowest BCUT2D eigenvalue weighted by atomic mass is 10.0. The van der Waals surface area contributed by atoms with Crippen LogP contribution in [-0.2, 0) is 0 Å². The quantitative estimate of drug-likeness (QED) is 0.580. The predicted molar refractivity (Wildman–Crippen MR) is 73.6 cm³/mol. The Kier molecular flexibility index (Phi) is 3.55. The van der Waals surface area contributed by atoms with Crippen molar-refractivity contribution in [1.82, 2.24) is 0 Å². The van der Waals surface area contributed by atoms with Crippen molar-refractivity contribution in [3.63, 3.8) is 0 Å². The zero-order valence-corrected chi connectivity index (χ0v) is 10.8. The molecule has 0 aliphatic carbocycles. The van der Waals surface area contributed by atoms with E-state index in [4.69, 9.17) is 0 Å². The van der Waals surface area contributed by atoms with Crippen LogP contribution in [0, 0.1) is 13.8 Å². The summed E-state index contributed by atoms with van der Waals surface area (Å²) >= 11 is 1.69. The molecule has 17 heavy (non-hydrogen) atoms. The molecule has 0 unspecified atom stereocenters. The van der Waals surface area contributed by atoms with Crippen molar-refractivity contribution in [2.45, 2.75) is 13.8 Å². The molecule has 2 heteroatoms. The smallest absolute Gasteiger partial charge is 0.186 e. The van der Waals surface area contributed by atoms with E-state index in [9.17, 15) is 4.79 Å². The number of carbonyl (C=O) groups is 1. The number of hydrogen-bond donors (Lipinski definition) is 0. The van der Waals surface area contributed by atoms with E-state index in [0.717, 1.165) is 16.0 Å². The SMILES string of the molecule is Cc1ccc(C=CC(=O)c2ccccc2C)s1. The Morgan fingerprint density at radius 2 is 1.88 bits per heavy atom. The first kappa shape index (κ1) is 11.8. The summed E-state index contributed by atoms with van der Waals surface area (Å²) in [5, 5.41) is 0. The first-order valence-electron chi connectivity index (χ1n) is 5.51. The molecule has 0 spiro atoms. The van der Waals surface area contributed by atoms with Crippen molar-refractivity contribution in [3.05, 3.63) is 63.4 Å². The summed E-state index contributed by atoms with van der Waals surface area (Å²) in [5.41, 5.74) is 1.79. The van der Waals surface area contributed by atoms with Crippen LogP contribution in [-0.4, -0.2) is 5.78 Å². The lowest BCUT2D eigenvalue weighted by Gasteiger charge is -1.99. The van der Waals surface area contributed by atoms with Gasteiger partial charge in [-0.3, -0.25) is 4.79 Å². The third kappa shape index (κ3) is 2.92. The van der Waals surface area contributed by atoms with E-state index >= 15 is 0 Å². The van der Waals surface area contributed by atoms with Gasteiger partial charge in [-0.15, -0.1) is 11.3 Å². The zero-order valence-electron chi connectivity index (χ0n) is 9.94. The van der Waals surface area contributed by atoms with E-state index in [-0.39, 0.29) is 5.78 Å². The normalized spacial score (nSPS) is 10.9. The molecule has 0 saturated heterocycles. The van der Waals surface area contributed by atoms with Crippen LogP contribution < -0.4 is 0 Å². The van der Waals surface area contributed by atoms with Crippen LogP contribution in [0.4, 0.5) is 0 Å². The van der Waals surface area contributed by atoms with Gasteiger partial charge >= 0.3 is 0 Å². The molecule has 0 radical (unpaired) electrons. The van der Waals surface area contributed by atoms with Crippen molar-refractivity contribution in [3.8, 4) is 0 Å². The van der Waals surface area contributed by atoms with Gasteiger partial charge in [0.2, 0.25) is 0 Å². The lowest BCUT2D eigenvalue weighted by molar-refractivity contribution is 0.104. The zero-order chi connectivity index (χ0) is 12.3. The van der Waals surface area contributed by atoms with Crippen molar-refractivity contribution < 1.29 is 4.79 Å². The molecule has 2 rings (SSSR count). The molecule has 1 nitrogen and oxygen atoms in total. The number of hydrogen-bond acceptors (Lipinski definition) is 2. The highest BCUT2D eigenvalue weighted by Crippen LogP contribution is 2.17. The maximum Gasteiger partial charge on any atom is 0.186 e. The fourth-order valence-electron chi connectivity index (χ4n) is 1.64. The molecule has 0 saturated carbocycles. The molecule has 0 fully saturated rings. The summed E-state index contributed by atoms with van der Waals surface area (Å²) in [6.07, 6.45) is 3.53. The lowest BCUT2D eigenvalue weighted by Crippen LogP contribution is -1.96. The number of ketones is 1. The molecule has 0 amide bonds. The molecule has 0 aliphatic heterocycles. The maximum absolute atomic E-state index is 12.0. The molecule has 1 heterocycles. The largest absolute Gasteiger partial charge is 0.289 e. The van der Waals surface area contributed by atoms with Gasteiger partial charge in [-0.2, -0.15) is 0 Å². The molecular weight excluding hydrogens is 228 g/mol. The summed E-state index contributed by atoms with van der Waals surface area (Å²) in [7, 11) is 0. The highest BCUT2D eigenvalue weighted by molar-refractivity contribution is 7.12. The highest BCUT2D eigenvalue weighted by atomic mass is 32.1. The van der Waals surface area contributed by atoms with Crippen LogP contribution in [0.1, 0.15) is 25.7 Å². The molecule has 0 atom stereocenters. The van der Waals surface area contributed by atoms with Gasteiger partial charge in [-0.25, -0.2) is 0 Å². The van der Waals surface area contributed by atoms with Crippen LogP contribution in [0.3, 0.4) is 0 Å². The summed E-state index contributed by atoms with van der Waals surface area (Å²) in [6, 6.07) is 11.7. The van der Waals surface area contributed by atoms with Crippen LogP contribution in [0.5, 0.6) is 0 Å². The average Bonchev–Trinajstić information content (AvgIpc) is 2.73. The summed E-state index contributed by atoms with van der Waals surface area (Å²) in [6.45, 7) is 4.02. The van der Waals surface area contributed by atoms with E-state index in [1.165, 1.54) is 4.88 Å². The second-order valence-corrected chi connectivity index (χ2v) is 5.28. The number of benzene rings is 1. The second-order valence-electron chi connectivity index (χ2n) is 3.96. The number of thiophene rings is 1. The molecule has 1 aromatic heterocycles. The minimum Gasteiger partial charge on any atom is -0.289 e. The average molecular weight is 242 g/mol. The Labute approximate surface area is 105 Å². The third-order valence-electron chi connectivity index (χ3n) is 2.57. The van der Waals surface area contributed by atoms with Crippen molar-refractivity contribution >= 4 is 23.2 Å². The fourth-order valence-corrected chi connectivity index (χ4v) is 2.42. The Bertz CT molecular complexity index is 564. The number of carbonyl (C=O) groups excluding carboxylic acids is 1. The van der Waals surface area contributed by atoms with Crippen molar-refractivity contribution in [2.24, 2.45) is 0 Å². The monoisotopic (exact) mass is 242 g/mol. The van der Waals surface area contributed by atoms with Crippen LogP contribution in [0.15, 0.2) is 42.5 Å². The molecule has 2 aromatic rings. The summed E-state index contributed by atoms with van der Waals surface area (Å²) in [4.78, 5) is 14.3. The van der Waals surface area contributed by atoms with Gasteiger partial charge in [0, 0.05) is 15.3 Å². The Morgan fingerprint density at radius 1 is 1.12 bits per heavy atom. The molecule has 0 aliphatic rings. The van der Waals surface area contributed by atoms with Crippen LogP contribution in [0.25, 0.3) is 6.08 Å². The van der Waals surface area contributed by atoms with E-state index in [0.29, 0.717) is 0 Å². The van der Waals surface area contributed by atoms with E-state index in [1.54, 1.807) is 17.4 Å². The first-order chi connectivity index (χ1) is 8.16. The topological polar surface area (TPSA) is 17.1 Å². The van der Waals surface area contributed by atoms with Gasteiger partial charge in [-0.1, -0.05) is 24.3 Å². The Hall–Kier alpha value is -1.67. The number of aryl methyl sites for hydroxylation is 2. The van der Waals surface area contributed by atoms with Gasteiger partial charge in [0.25, 0.3) is 0 Å². The summed E-state index contributed by atoms with van der Waals surface area (Å²) < 4.78 is 0. The molecule has 0 bridgehead atoms. The second kappa shape index (κ2) is 5.11. The summed E-state index contributed by atoms with van der Waals surface area (Å²) in [5.74, 6) is 0.0640. The van der Waals surface area contributed by atoms with Gasteiger partial charge in [0.1, 0.15) is 0 Å². The minimum atomic E-state index is 0.0640. The van der Waals surface area contributed by atoms with Gasteiger partial charge in [0.15, 0.2) is 5.78 Å². The Morgan fingerprint density at radius 3 is 2.53 bits per heavy atom. The standard InChI is InChI=1S/C15H14OS/c1-11-5-3-4-6-14(11)15(16)10-9-13-8-7-12(2)17-13/h3-10H,1-2H3. The minimum absolute atomic E-state index is 0.0640. The molecule has 1 aromatic carbocycles. The molecular formula is C15H14OS. The predicted octanol–water partition coefficient (Wildman–Crippen LogP) is 4.26. The Balaban J connectivity index is 2.17. The van der Waals surface area contributed by atoms with Crippen molar-refractivity contribution in [2.75, 3.05) is 0 Å². The molecule has 86 valence electrons. The van der Waals surface area contributed by atoms with Gasteiger partial charge in [0.05, 0.1) is 0 Å². The van der Waals surface area contributed by atoms with Gasteiger partial charge in [-0.05, 0) is 43.7 Å². The van der Waals surface area contributed by atoms with E-state index in [2.05, 4.69) is 13.0 Å². The van der Waals surface area contributed by atoms with Crippen LogP contribution in [0.2, 0.25) is 0 Å². The van der Waals surface area contributed by atoms with Gasteiger partial charge < -0.3 is 0 Å². The number of rotatable bonds is 3. The van der Waals surface area contributed by atoms with E-state index < -0.39 is 0 Å². The van der Waals surface area contributed by atoms with E-state index in [1.807, 2.05) is 43.3 Å². The maximum atomic E-state index is 12.0. The number of allylic oxidation sites excluding steroid dienone is 1. The fraction of sp³-hybridized carbons (Fsp3) is 0.133. The van der Waals surface area contributed by atoms with Crippen molar-refractivity contribution in [1.29, 1.82) is 0 Å².